The fraction of sp³-hybridized carbons (Fsp3) is 0.867. The molecule has 0 amide bonds. The van der Waals surface area contributed by atoms with E-state index in [2.05, 4.69) is 17.1 Å². The van der Waals surface area contributed by atoms with Crippen molar-refractivity contribution in [3.8, 4) is 0 Å². The van der Waals surface area contributed by atoms with Crippen LogP contribution in [-0.4, -0.2) is 41.7 Å². The van der Waals surface area contributed by atoms with Crippen LogP contribution in [0.25, 0.3) is 0 Å². The fourth-order valence-corrected chi connectivity index (χ4v) is 2.55. The first-order valence-electron chi connectivity index (χ1n) is 7.66. The van der Waals surface area contributed by atoms with Gasteiger partial charge in [0.05, 0.1) is 0 Å². The van der Waals surface area contributed by atoms with E-state index >= 15 is 0 Å². The fourth-order valence-electron chi connectivity index (χ4n) is 2.55. The Balaban J connectivity index is 2.41. The molecule has 0 aromatic heterocycles. The van der Waals surface area contributed by atoms with Crippen LogP contribution in [0.1, 0.15) is 64.2 Å². The molecule has 1 rings (SSSR count). The third-order valence-corrected chi connectivity index (χ3v) is 3.84. The largest absolute Gasteiger partial charge is 0.411 e. The van der Waals surface area contributed by atoms with Gasteiger partial charge < -0.3 is 10.1 Å². The average molecular weight is 268 g/mol. The van der Waals surface area contributed by atoms with Crippen molar-refractivity contribution >= 4 is 11.5 Å². The molecule has 19 heavy (non-hydrogen) atoms. The van der Waals surface area contributed by atoms with Crippen LogP contribution in [0.15, 0.2) is 5.16 Å². The van der Waals surface area contributed by atoms with Crippen LogP contribution in [0.2, 0.25) is 0 Å². The molecule has 110 valence electrons. The molecule has 0 atom stereocenters. The van der Waals surface area contributed by atoms with Crippen molar-refractivity contribution in [2.75, 3.05) is 20.1 Å². The van der Waals surface area contributed by atoms with Crippen molar-refractivity contribution < 1.29 is 10.0 Å². The monoisotopic (exact) mass is 268 g/mol. The van der Waals surface area contributed by atoms with E-state index in [9.17, 15) is 4.79 Å². The van der Waals surface area contributed by atoms with Crippen LogP contribution >= 0.6 is 0 Å². The molecule has 1 aliphatic rings. The number of oxime groups is 1. The van der Waals surface area contributed by atoms with Crippen molar-refractivity contribution in [2.45, 2.75) is 64.2 Å². The number of Topliss-reactive ketones (excluding diaryl/α,β-unsaturated/α-hetero) is 1. The third-order valence-electron chi connectivity index (χ3n) is 3.84. The summed E-state index contributed by atoms with van der Waals surface area (Å²) < 4.78 is 0. The van der Waals surface area contributed by atoms with Crippen LogP contribution in [0.3, 0.4) is 0 Å². The summed E-state index contributed by atoms with van der Waals surface area (Å²) in [6.07, 6.45) is 10.1. The standard InChI is InChI=1S/C15H28N2O2/c1-17-12-8-4-2-6-10-14(16-19)15(18)11-7-3-5-9-13-17/h19H,2-13H2,1H3. The van der Waals surface area contributed by atoms with Gasteiger partial charge in [0.1, 0.15) is 5.71 Å². The number of carbonyl (C=O) groups is 1. The van der Waals surface area contributed by atoms with Crippen LogP contribution in [0.5, 0.6) is 0 Å². The highest BCUT2D eigenvalue weighted by Crippen LogP contribution is 2.10. The zero-order valence-electron chi connectivity index (χ0n) is 12.2. The lowest BCUT2D eigenvalue weighted by Crippen LogP contribution is -2.20. The van der Waals surface area contributed by atoms with Crippen LogP contribution in [0, 0.1) is 0 Å². The van der Waals surface area contributed by atoms with E-state index in [1.807, 2.05) is 0 Å². The van der Waals surface area contributed by atoms with Crippen molar-refractivity contribution in [1.82, 2.24) is 4.90 Å². The molecule has 0 spiro atoms. The van der Waals surface area contributed by atoms with E-state index < -0.39 is 0 Å². The lowest BCUT2D eigenvalue weighted by Gasteiger charge is -2.16. The third kappa shape index (κ3) is 7.31. The Morgan fingerprint density at radius 2 is 1.42 bits per heavy atom. The lowest BCUT2D eigenvalue weighted by atomic mass is 10.0. The van der Waals surface area contributed by atoms with Gasteiger partial charge in [-0.2, -0.15) is 0 Å². The molecular weight excluding hydrogens is 240 g/mol. The summed E-state index contributed by atoms with van der Waals surface area (Å²) in [5, 5.41) is 12.1. The Morgan fingerprint density at radius 1 is 0.895 bits per heavy atom. The normalized spacial score (nSPS) is 24.9. The highest BCUT2D eigenvalue weighted by atomic mass is 16.4. The van der Waals surface area contributed by atoms with E-state index in [0.717, 1.165) is 32.2 Å². The number of nitrogens with zero attached hydrogens (tertiary/aromatic N) is 2. The summed E-state index contributed by atoms with van der Waals surface area (Å²) in [6.45, 7) is 2.33. The van der Waals surface area contributed by atoms with E-state index in [0.29, 0.717) is 18.6 Å². The summed E-state index contributed by atoms with van der Waals surface area (Å²) in [4.78, 5) is 14.2. The minimum absolute atomic E-state index is 0.0366. The molecule has 0 radical (unpaired) electrons. The summed E-state index contributed by atoms with van der Waals surface area (Å²) in [5.41, 5.74) is 0.381. The van der Waals surface area contributed by atoms with Gasteiger partial charge >= 0.3 is 0 Å². The Bertz CT molecular complexity index is 290. The molecular formula is C15H28N2O2. The number of carbonyl (C=O) groups excluding carboxylic acids is 1. The lowest BCUT2D eigenvalue weighted by molar-refractivity contribution is -0.113. The molecule has 4 nitrogen and oxygen atoms in total. The first kappa shape index (κ1) is 16.2. The number of hydrogen-bond donors (Lipinski definition) is 1. The Morgan fingerprint density at radius 3 is 2.00 bits per heavy atom. The maximum absolute atomic E-state index is 11.8. The molecule has 0 saturated carbocycles. The SMILES string of the molecule is CN1CCCCCCC(=O)C(=NO)CCCCCC1. The first-order valence-corrected chi connectivity index (χ1v) is 7.66. The Kier molecular flexibility index (Phi) is 8.47. The summed E-state index contributed by atoms with van der Waals surface area (Å²) in [7, 11) is 2.19. The highest BCUT2D eigenvalue weighted by molar-refractivity contribution is 6.39. The molecule has 0 unspecified atom stereocenters. The van der Waals surface area contributed by atoms with Gasteiger partial charge in [-0.05, 0) is 52.2 Å². The minimum Gasteiger partial charge on any atom is -0.411 e. The molecule has 0 aliphatic carbocycles. The molecule has 0 aromatic carbocycles. The molecule has 1 saturated heterocycles. The predicted molar refractivity (Wildman–Crippen MR) is 77.9 cm³/mol. The second-order valence-corrected chi connectivity index (χ2v) is 5.60. The first-order chi connectivity index (χ1) is 9.24. The van der Waals surface area contributed by atoms with Gasteiger partial charge in [0.2, 0.25) is 0 Å². The predicted octanol–water partition coefficient (Wildman–Crippen LogP) is 3.23. The van der Waals surface area contributed by atoms with Crippen molar-refractivity contribution in [3.63, 3.8) is 0 Å². The zero-order valence-corrected chi connectivity index (χ0v) is 12.2. The quantitative estimate of drug-likeness (QED) is 0.542. The maximum Gasteiger partial charge on any atom is 0.180 e. The molecule has 1 fully saturated rings. The van der Waals surface area contributed by atoms with Crippen LogP contribution in [0.4, 0.5) is 0 Å². The molecule has 1 N–H and O–H groups in total. The van der Waals surface area contributed by atoms with Crippen molar-refractivity contribution in [1.29, 1.82) is 0 Å². The van der Waals surface area contributed by atoms with Crippen molar-refractivity contribution in [2.24, 2.45) is 5.16 Å². The smallest absolute Gasteiger partial charge is 0.180 e. The van der Waals surface area contributed by atoms with Gasteiger partial charge in [0, 0.05) is 6.42 Å². The van der Waals surface area contributed by atoms with Crippen LogP contribution in [-0.2, 0) is 4.79 Å². The molecule has 0 bridgehead atoms. The van der Waals surface area contributed by atoms with E-state index in [1.165, 1.54) is 32.2 Å². The van der Waals surface area contributed by atoms with Gasteiger partial charge in [-0.1, -0.05) is 30.8 Å². The van der Waals surface area contributed by atoms with Crippen LogP contribution < -0.4 is 0 Å². The molecule has 0 aromatic rings. The number of hydrogen-bond acceptors (Lipinski definition) is 4. The van der Waals surface area contributed by atoms with Gasteiger partial charge in [0.25, 0.3) is 0 Å². The second kappa shape index (κ2) is 9.96. The maximum atomic E-state index is 11.8. The highest BCUT2D eigenvalue weighted by Gasteiger charge is 2.12. The zero-order chi connectivity index (χ0) is 13.9. The van der Waals surface area contributed by atoms with Gasteiger partial charge in [0.15, 0.2) is 5.78 Å². The molecule has 1 heterocycles. The second-order valence-electron chi connectivity index (χ2n) is 5.60. The Labute approximate surface area is 116 Å². The number of ketones is 1. The topological polar surface area (TPSA) is 52.9 Å². The van der Waals surface area contributed by atoms with E-state index in [-0.39, 0.29) is 5.78 Å². The number of rotatable bonds is 0. The molecule has 1 aliphatic heterocycles. The van der Waals surface area contributed by atoms with E-state index in [1.54, 1.807) is 0 Å². The summed E-state index contributed by atoms with van der Waals surface area (Å²) >= 11 is 0. The Hall–Kier alpha value is -0.900. The van der Waals surface area contributed by atoms with Gasteiger partial charge in [-0.25, -0.2) is 0 Å². The molecule has 4 heteroatoms. The summed E-state index contributed by atoms with van der Waals surface area (Å²) in [5.74, 6) is 0.0366. The summed E-state index contributed by atoms with van der Waals surface area (Å²) in [6, 6.07) is 0. The van der Waals surface area contributed by atoms with Gasteiger partial charge in [-0.3, -0.25) is 4.79 Å². The van der Waals surface area contributed by atoms with E-state index in [4.69, 9.17) is 5.21 Å². The minimum atomic E-state index is 0.0366. The average Bonchev–Trinajstić information content (AvgIpc) is 2.41. The van der Waals surface area contributed by atoms with Gasteiger partial charge in [-0.15, -0.1) is 0 Å². The van der Waals surface area contributed by atoms with Crippen molar-refractivity contribution in [3.05, 3.63) is 0 Å².